The van der Waals surface area contributed by atoms with Gasteiger partial charge in [0.25, 0.3) is 0 Å². The van der Waals surface area contributed by atoms with Gasteiger partial charge in [0.2, 0.25) is 11.8 Å². The second kappa shape index (κ2) is 6.07. The van der Waals surface area contributed by atoms with Crippen molar-refractivity contribution in [2.75, 3.05) is 13.1 Å². The van der Waals surface area contributed by atoms with Crippen molar-refractivity contribution < 1.29 is 14.0 Å². The molecule has 1 saturated heterocycles. The van der Waals surface area contributed by atoms with Gasteiger partial charge < -0.3 is 10.6 Å². The molecule has 1 aromatic rings. The summed E-state index contributed by atoms with van der Waals surface area (Å²) in [5.74, 6) is 0.280. The molecule has 1 saturated carbocycles. The fraction of sp³-hybridized carbons (Fsp3) is 0.529. The average Bonchev–Trinajstić information content (AvgIpc) is 3.28. The normalized spacial score (nSPS) is 25.0. The van der Waals surface area contributed by atoms with Crippen LogP contribution in [0.2, 0.25) is 0 Å². The molecule has 22 heavy (non-hydrogen) atoms. The summed E-state index contributed by atoms with van der Waals surface area (Å²) >= 11 is 0. The van der Waals surface area contributed by atoms with Gasteiger partial charge in [0.1, 0.15) is 5.82 Å². The summed E-state index contributed by atoms with van der Waals surface area (Å²) in [5, 5.41) is 0. The maximum absolute atomic E-state index is 12.9. The molecule has 4 nitrogen and oxygen atoms in total. The second-order valence-electron chi connectivity index (χ2n) is 6.44. The Kier molecular flexibility index (Phi) is 4.14. The van der Waals surface area contributed by atoms with E-state index in [0.29, 0.717) is 25.4 Å². The van der Waals surface area contributed by atoms with Gasteiger partial charge in [-0.15, -0.1) is 0 Å². The van der Waals surface area contributed by atoms with Crippen LogP contribution in [0, 0.1) is 17.7 Å². The largest absolute Gasteiger partial charge is 0.370 e. The molecule has 0 aromatic heterocycles. The topological polar surface area (TPSA) is 63.4 Å². The number of nitrogens with two attached hydrogens (primary N) is 1. The van der Waals surface area contributed by atoms with Crippen molar-refractivity contribution in [3.05, 3.63) is 35.6 Å². The molecule has 0 unspecified atom stereocenters. The molecule has 1 aliphatic carbocycles. The number of amides is 2. The third-order valence-corrected chi connectivity index (χ3v) is 4.82. The number of carbonyl (C=O) groups is 2. The van der Waals surface area contributed by atoms with E-state index in [0.717, 1.165) is 24.8 Å². The number of rotatable bonds is 4. The lowest BCUT2D eigenvalue weighted by molar-refractivity contribution is -0.134. The number of benzene rings is 1. The van der Waals surface area contributed by atoms with Gasteiger partial charge in [-0.1, -0.05) is 12.1 Å². The fourth-order valence-electron chi connectivity index (χ4n) is 3.42. The molecular formula is C17H21FN2O2. The first kappa shape index (κ1) is 15.0. The Labute approximate surface area is 129 Å². The van der Waals surface area contributed by atoms with Crippen molar-refractivity contribution in [2.45, 2.75) is 31.6 Å². The van der Waals surface area contributed by atoms with E-state index in [1.54, 1.807) is 12.1 Å². The molecule has 5 heteroatoms. The SMILES string of the molecule is NC(=O)CC1CCN(C(=O)[C@@H]2C[C@@H]2c2ccc(F)cc2)CC1. The molecule has 2 N–H and O–H groups in total. The zero-order chi connectivity index (χ0) is 15.7. The lowest BCUT2D eigenvalue weighted by Crippen LogP contribution is -2.40. The number of hydrogen-bond acceptors (Lipinski definition) is 2. The predicted molar refractivity (Wildman–Crippen MR) is 80.4 cm³/mol. The highest BCUT2D eigenvalue weighted by Gasteiger charge is 2.46. The monoisotopic (exact) mass is 304 g/mol. The van der Waals surface area contributed by atoms with Gasteiger partial charge in [0.15, 0.2) is 0 Å². The molecule has 3 rings (SSSR count). The number of piperidine rings is 1. The van der Waals surface area contributed by atoms with Crippen LogP contribution in [-0.2, 0) is 9.59 Å². The van der Waals surface area contributed by atoms with Gasteiger partial charge in [-0.25, -0.2) is 4.39 Å². The van der Waals surface area contributed by atoms with E-state index in [9.17, 15) is 14.0 Å². The predicted octanol–water partition coefficient (Wildman–Crippen LogP) is 2.04. The van der Waals surface area contributed by atoms with Crippen LogP contribution in [0.25, 0.3) is 0 Å². The lowest BCUT2D eigenvalue weighted by Gasteiger charge is -2.31. The van der Waals surface area contributed by atoms with E-state index in [4.69, 9.17) is 5.73 Å². The Bertz CT molecular complexity index is 565. The standard InChI is InChI=1S/C17H21FN2O2/c18-13-3-1-12(2-4-13)14-10-15(14)17(22)20-7-5-11(6-8-20)9-16(19)21/h1-4,11,14-15H,5-10H2,(H2,19,21)/t14-,15-/m1/s1. The Balaban J connectivity index is 1.52. The summed E-state index contributed by atoms with van der Waals surface area (Å²) in [7, 11) is 0. The van der Waals surface area contributed by atoms with E-state index in [1.165, 1.54) is 12.1 Å². The number of primary amides is 1. The third-order valence-electron chi connectivity index (χ3n) is 4.82. The molecule has 2 atom stereocenters. The number of hydrogen-bond donors (Lipinski definition) is 1. The zero-order valence-electron chi connectivity index (χ0n) is 12.5. The summed E-state index contributed by atoms with van der Waals surface area (Å²) in [5.41, 5.74) is 6.27. The Morgan fingerprint density at radius 1 is 1.18 bits per heavy atom. The minimum Gasteiger partial charge on any atom is -0.370 e. The highest BCUT2D eigenvalue weighted by molar-refractivity contribution is 5.83. The second-order valence-corrected chi connectivity index (χ2v) is 6.44. The summed E-state index contributed by atoms with van der Waals surface area (Å²) < 4.78 is 12.9. The Morgan fingerprint density at radius 2 is 1.82 bits per heavy atom. The maximum Gasteiger partial charge on any atom is 0.226 e. The minimum absolute atomic E-state index is 0.0400. The van der Waals surface area contributed by atoms with Crippen molar-refractivity contribution >= 4 is 11.8 Å². The first-order chi connectivity index (χ1) is 10.5. The van der Waals surface area contributed by atoms with Crippen molar-refractivity contribution in [2.24, 2.45) is 17.6 Å². The molecule has 0 spiro atoms. The highest BCUT2D eigenvalue weighted by Crippen LogP contribution is 2.48. The van der Waals surface area contributed by atoms with Gasteiger partial charge >= 0.3 is 0 Å². The summed E-state index contributed by atoms with van der Waals surface area (Å²) in [6, 6.07) is 6.44. The molecule has 1 heterocycles. The number of nitrogens with zero attached hydrogens (tertiary/aromatic N) is 1. The van der Waals surface area contributed by atoms with Crippen molar-refractivity contribution in [3.63, 3.8) is 0 Å². The first-order valence-corrected chi connectivity index (χ1v) is 7.87. The Hall–Kier alpha value is -1.91. The van der Waals surface area contributed by atoms with Gasteiger partial charge in [-0.3, -0.25) is 9.59 Å². The summed E-state index contributed by atoms with van der Waals surface area (Å²) in [4.78, 5) is 25.3. The molecule has 0 radical (unpaired) electrons. The van der Waals surface area contributed by atoms with E-state index >= 15 is 0 Å². The molecule has 2 aliphatic rings. The van der Waals surface area contributed by atoms with Crippen molar-refractivity contribution in [1.29, 1.82) is 0 Å². The van der Waals surface area contributed by atoms with Crippen molar-refractivity contribution in [1.82, 2.24) is 4.90 Å². The fourth-order valence-corrected chi connectivity index (χ4v) is 3.42. The van der Waals surface area contributed by atoms with E-state index in [-0.39, 0.29) is 29.5 Å². The quantitative estimate of drug-likeness (QED) is 0.925. The van der Waals surface area contributed by atoms with Gasteiger partial charge in [0, 0.05) is 25.4 Å². The van der Waals surface area contributed by atoms with Gasteiger partial charge in [-0.05, 0) is 48.8 Å². The third kappa shape index (κ3) is 3.29. The average molecular weight is 304 g/mol. The molecule has 1 aliphatic heterocycles. The Morgan fingerprint density at radius 3 is 2.41 bits per heavy atom. The number of carbonyl (C=O) groups excluding carboxylic acids is 2. The highest BCUT2D eigenvalue weighted by atomic mass is 19.1. The maximum atomic E-state index is 12.9. The van der Waals surface area contributed by atoms with E-state index in [2.05, 4.69) is 0 Å². The van der Waals surface area contributed by atoms with E-state index in [1.807, 2.05) is 4.90 Å². The molecule has 0 bridgehead atoms. The minimum atomic E-state index is -0.261. The molecule has 2 fully saturated rings. The van der Waals surface area contributed by atoms with Crippen LogP contribution in [0.15, 0.2) is 24.3 Å². The van der Waals surface area contributed by atoms with Crippen molar-refractivity contribution in [3.8, 4) is 0 Å². The van der Waals surface area contributed by atoms with Crippen LogP contribution in [0.1, 0.15) is 37.2 Å². The van der Waals surface area contributed by atoms with Gasteiger partial charge in [-0.2, -0.15) is 0 Å². The number of likely N-dealkylation sites (tertiary alicyclic amines) is 1. The molecule has 118 valence electrons. The van der Waals surface area contributed by atoms with Crippen LogP contribution in [0.3, 0.4) is 0 Å². The van der Waals surface area contributed by atoms with E-state index < -0.39 is 0 Å². The summed E-state index contributed by atoms with van der Waals surface area (Å²) in [6.07, 6.45) is 2.97. The smallest absolute Gasteiger partial charge is 0.226 e. The van der Waals surface area contributed by atoms with Crippen LogP contribution >= 0.6 is 0 Å². The lowest BCUT2D eigenvalue weighted by atomic mass is 9.93. The summed E-state index contributed by atoms with van der Waals surface area (Å²) in [6.45, 7) is 1.42. The zero-order valence-corrected chi connectivity index (χ0v) is 12.5. The van der Waals surface area contributed by atoms with Crippen LogP contribution in [0.4, 0.5) is 4.39 Å². The van der Waals surface area contributed by atoms with Crippen LogP contribution in [-0.4, -0.2) is 29.8 Å². The molecule has 1 aromatic carbocycles. The van der Waals surface area contributed by atoms with Crippen LogP contribution < -0.4 is 5.73 Å². The molecule has 2 amide bonds. The molecular weight excluding hydrogens is 283 g/mol. The van der Waals surface area contributed by atoms with Crippen LogP contribution in [0.5, 0.6) is 0 Å². The van der Waals surface area contributed by atoms with Gasteiger partial charge in [0.05, 0.1) is 0 Å². The first-order valence-electron chi connectivity index (χ1n) is 7.87. The number of halogens is 1.